The molecule has 2 rings (SSSR count). The summed E-state index contributed by atoms with van der Waals surface area (Å²) in [6.45, 7) is 14.3. The summed E-state index contributed by atoms with van der Waals surface area (Å²) >= 11 is 0. The molecule has 0 aliphatic heterocycles. The summed E-state index contributed by atoms with van der Waals surface area (Å²) in [5, 5.41) is 0. The number of esters is 2. The number of hydrogen-bond acceptors (Lipinski definition) is 8. The van der Waals surface area contributed by atoms with Gasteiger partial charge in [-0.15, -0.1) is 0 Å². The highest BCUT2D eigenvalue weighted by molar-refractivity contribution is 5.95. The van der Waals surface area contributed by atoms with Crippen LogP contribution >= 0.6 is 0 Å². The number of aryl methyl sites for hydroxylation is 1. The van der Waals surface area contributed by atoms with E-state index in [4.69, 9.17) is 24.7 Å². The van der Waals surface area contributed by atoms with Crippen molar-refractivity contribution in [3.8, 4) is 11.5 Å². The fourth-order valence-electron chi connectivity index (χ4n) is 2.39. The Kier molecular flexibility index (Phi) is 16.6. The van der Waals surface area contributed by atoms with Crippen molar-refractivity contribution >= 4 is 17.8 Å². The first kappa shape index (κ1) is 32.6. The number of ether oxygens (including phenoxy) is 4. The van der Waals surface area contributed by atoms with Crippen molar-refractivity contribution in [3.05, 3.63) is 91.0 Å². The van der Waals surface area contributed by atoms with Gasteiger partial charge < -0.3 is 24.7 Å². The lowest BCUT2D eigenvalue weighted by atomic mass is 10.2. The van der Waals surface area contributed by atoms with Gasteiger partial charge in [0.25, 0.3) is 5.91 Å². The molecule has 0 fully saturated rings. The third-order valence-corrected chi connectivity index (χ3v) is 4.10. The van der Waals surface area contributed by atoms with E-state index in [1.807, 2.05) is 25.1 Å². The minimum Gasteiger partial charge on any atom is -0.493 e. The summed E-state index contributed by atoms with van der Waals surface area (Å²) < 4.78 is 20.1. The van der Waals surface area contributed by atoms with Crippen molar-refractivity contribution in [1.82, 2.24) is 4.98 Å². The van der Waals surface area contributed by atoms with E-state index in [0.29, 0.717) is 12.2 Å². The maximum Gasteiger partial charge on any atom is 0.308 e. The van der Waals surface area contributed by atoms with E-state index >= 15 is 0 Å². The predicted molar refractivity (Wildman–Crippen MR) is 142 cm³/mol. The number of primary amides is 1. The van der Waals surface area contributed by atoms with Crippen molar-refractivity contribution in [1.29, 1.82) is 0 Å². The highest BCUT2D eigenvalue weighted by Crippen LogP contribution is 2.29. The van der Waals surface area contributed by atoms with E-state index in [1.54, 1.807) is 25.2 Å². The molecule has 0 aliphatic carbocycles. The first-order valence-corrected chi connectivity index (χ1v) is 11.4. The minimum atomic E-state index is -0.787. The number of pyridine rings is 1. The lowest BCUT2D eigenvalue weighted by Gasteiger charge is -2.14. The summed E-state index contributed by atoms with van der Waals surface area (Å²) in [6.07, 6.45) is 6.42. The average Bonchev–Trinajstić information content (AvgIpc) is 2.87. The standard InChI is InChI=1S/C12H18O3.C9H10N2O4.C7H8/c1-5-8-11(6-2)15-10(4)9-14-12(13)7-3;1-5(12)15-8-6(14-2)3-4-11-7(8)9(10)13;1-7-5-3-2-4-6-7/h5-6,8,10H,1-2,7,9H2,3-4H3;3-4H,1-2H3,(H2,10,13);2-6H,1H3/b11-8+;;. The number of rotatable bonds is 10. The first-order valence-electron chi connectivity index (χ1n) is 11.4. The Morgan fingerprint density at radius 3 is 2.22 bits per heavy atom. The summed E-state index contributed by atoms with van der Waals surface area (Å²) in [6, 6.07) is 11.7. The highest BCUT2D eigenvalue weighted by atomic mass is 16.6. The zero-order valence-corrected chi connectivity index (χ0v) is 22.1. The molecule has 0 spiro atoms. The van der Waals surface area contributed by atoms with Gasteiger partial charge in [0.1, 0.15) is 18.5 Å². The zero-order chi connectivity index (χ0) is 28.2. The van der Waals surface area contributed by atoms with E-state index in [-0.39, 0.29) is 35.9 Å². The highest BCUT2D eigenvalue weighted by Gasteiger charge is 2.18. The Labute approximate surface area is 218 Å². The minimum absolute atomic E-state index is 0.0556. The van der Waals surface area contributed by atoms with Crippen LogP contribution in [0.1, 0.15) is 43.2 Å². The number of amides is 1. The number of methoxy groups -OCH3 is 1. The summed E-state index contributed by atoms with van der Waals surface area (Å²) in [4.78, 5) is 36.4. The van der Waals surface area contributed by atoms with Crippen LogP contribution in [-0.2, 0) is 19.1 Å². The van der Waals surface area contributed by atoms with E-state index in [2.05, 4.69) is 37.2 Å². The Balaban J connectivity index is 0.000000559. The van der Waals surface area contributed by atoms with E-state index in [0.717, 1.165) is 0 Å². The number of nitrogens with zero attached hydrogens (tertiary/aromatic N) is 1. The SMILES string of the molecule is C=C/C=C(\C=C)OC(C)COC(=O)CC.COc1ccnc(C(N)=O)c1OC(C)=O.Cc1ccccc1. The molecule has 1 atom stereocenters. The van der Waals surface area contributed by atoms with E-state index < -0.39 is 11.9 Å². The third kappa shape index (κ3) is 14.6. The van der Waals surface area contributed by atoms with Crippen molar-refractivity contribution in [2.75, 3.05) is 13.7 Å². The van der Waals surface area contributed by atoms with Gasteiger partial charge in [0.05, 0.1) is 7.11 Å². The second-order valence-electron chi connectivity index (χ2n) is 7.28. The van der Waals surface area contributed by atoms with Crippen molar-refractivity contribution in [2.45, 2.75) is 40.2 Å². The molecule has 1 amide bonds. The molecule has 1 aromatic carbocycles. The molecule has 0 saturated carbocycles. The molecular weight excluding hydrogens is 476 g/mol. The van der Waals surface area contributed by atoms with Crippen LogP contribution in [0.5, 0.6) is 11.5 Å². The van der Waals surface area contributed by atoms with Crippen LogP contribution in [0.2, 0.25) is 0 Å². The normalized spacial score (nSPS) is 10.7. The van der Waals surface area contributed by atoms with Crippen molar-refractivity contribution < 1.29 is 33.3 Å². The zero-order valence-electron chi connectivity index (χ0n) is 22.1. The van der Waals surface area contributed by atoms with Gasteiger partial charge in [-0.05, 0) is 26.0 Å². The summed E-state index contributed by atoms with van der Waals surface area (Å²) in [7, 11) is 1.38. The quantitative estimate of drug-likeness (QED) is 0.275. The van der Waals surface area contributed by atoms with Gasteiger partial charge in [0, 0.05) is 25.6 Å². The number of allylic oxidation sites excluding steroid dienone is 3. The number of carbonyl (C=O) groups excluding carboxylic acids is 3. The predicted octanol–water partition coefficient (Wildman–Crippen LogP) is 4.71. The summed E-state index contributed by atoms with van der Waals surface area (Å²) in [5.41, 5.74) is 6.25. The Bertz CT molecular complexity index is 1050. The van der Waals surface area contributed by atoms with Gasteiger partial charge in [0.15, 0.2) is 11.4 Å². The lowest BCUT2D eigenvalue weighted by Crippen LogP contribution is -2.18. The van der Waals surface area contributed by atoms with Gasteiger partial charge in [-0.2, -0.15) is 0 Å². The smallest absolute Gasteiger partial charge is 0.308 e. The molecule has 1 unspecified atom stereocenters. The molecule has 37 heavy (non-hydrogen) atoms. The molecule has 9 heteroatoms. The van der Waals surface area contributed by atoms with E-state index in [1.165, 1.54) is 31.9 Å². The molecule has 9 nitrogen and oxygen atoms in total. The number of benzene rings is 1. The number of hydrogen-bond donors (Lipinski definition) is 1. The molecule has 2 N–H and O–H groups in total. The van der Waals surface area contributed by atoms with Gasteiger partial charge in [0.2, 0.25) is 5.75 Å². The molecule has 0 aliphatic rings. The van der Waals surface area contributed by atoms with Crippen LogP contribution in [0.4, 0.5) is 0 Å². The van der Waals surface area contributed by atoms with Gasteiger partial charge in [-0.25, -0.2) is 4.98 Å². The first-order chi connectivity index (χ1) is 17.6. The number of nitrogens with two attached hydrogens (primary N) is 1. The van der Waals surface area contributed by atoms with E-state index in [9.17, 15) is 14.4 Å². The number of aromatic nitrogens is 1. The summed E-state index contributed by atoms with van der Waals surface area (Å²) in [5.74, 6) is -0.800. The Hall–Kier alpha value is -4.40. The van der Waals surface area contributed by atoms with Crippen LogP contribution in [0, 0.1) is 6.92 Å². The van der Waals surface area contributed by atoms with Gasteiger partial charge in [-0.1, -0.05) is 62.1 Å². The van der Waals surface area contributed by atoms with Crippen molar-refractivity contribution in [3.63, 3.8) is 0 Å². The third-order valence-electron chi connectivity index (χ3n) is 4.10. The van der Waals surface area contributed by atoms with Crippen LogP contribution < -0.4 is 15.2 Å². The molecule has 1 heterocycles. The monoisotopic (exact) mass is 512 g/mol. The largest absolute Gasteiger partial charge is 0.493 e. The molecule has 200 valence electrons. The maximum atomic E-state index is 11.0. The molecule has 0 saturated heterocycles. The lowest BCUT2D eigenvalue weighted by molar-refractivity contribution is -0.146. The molecule has 0 radical (unpaired) electrons. The molecular formula is C28H36N2O7. The second-order valence-corrected chi connectivity index (χ2v) is 7.28. The van der Waals surface area contributed by atoms with Crippen molar-refractivity contribution in [2.24, 2.45) is 5.73 Å². The van der Waals surface area contributed by atoms with Gasteiger partial charge in [-0.3, -0.25) is 14.4 Å². The maximum absolute atomic E-state index is 11.0. The van der Waals surface area contributed by atoms with Gasteiger partial charge >= 0.3 is 11.9 Å². The topological polar surface area (TPSA) is 127 Å². The Morgan fingerprint density at radius 2 is 1.78 bits per heavy atom. The van der Waals surface area contributed by atoms with Crippen LogP contribution in [0.15, 0.2) is 79.7 Å². The van der Waals surface area contributed by atoms with Crippen LogP contribution in [-0.4, -0.2) is 42.7 Å². The fourth-order valence-corrected chi connectivity index (χ4v) is 2.39. The number of carbonyl (C=O) groups is 3. The average molecular weight is 513 g/mol. The Morgan fingerprint density at radius 1 is 1.14 bits per heavy atom. The van der Waals surface area contributed by atoms with Crippen LogP contribution in [0.25, 0.3) is 0 Å². The molecule has 1 aromatic heterocycles. The second kappa shape index (κ2) is 18.9. The molecule has 2 aromatic rings. The molecule has 0 bridgehead atoms. The fraction of sp³-hybridized carbons (Fsp3) is 0.286. The van der Waals surface area contributed by atoms with Crippen LogP contribution in [0.3, 0.4) is 0 Å².